The molecule has 2 N–H and O–H groups in total. The molecule has 1 unspecified atom stereocenters. The Bertz CT molecular complexity index is 424. The smallest absolute Gasteiger partial charge is 0.301 e. The number of aryl methyl sites for hydroxylation is 1. The lowest BCUT2D eigenvalue weighted by atomic mass is 10.1. The zero-order valence-electron chi connectivity index (χ0n) is 10.1. The van der Waals surface area contributed by atoms with Crippen molar-refractivity contribution in [1.29, 1.82) is 0 Å². The van der Waals surface area contributed by atoms with Crippen LogP contribution in [0.15, 0.2) is 24.3 Å². The van der Waals surface area contributed by atoms with E-state index < -0.39 is 0 Å². The van der Waals surface area contributed by atoms with Gasteiger partial charge in [-0.2, -0.15) is 0 Å². The summed E-state index contributed by atoms with van der Waals surface area (Å²) in [6.07, 6.45) is 0.892. The minimum atomic E-state index is -0.324. The van der Waals surface area contributed by atoms with Gasteiger partial charge in [0, 0.05) is 6.54 Å². The molecule has 4 nitrogen and oxygen atoms in total. The Morgan fingerprint density at radius 3 is 2.65 bits per heavy atom. The van der Waals surface area contributed by atoms with Crippen LogP contribution in [0.25, 0.3) is 0 Å². The van der Waals surface area contributed by atoms with Gasteiger partial charge in [0.1, 0.15) is 0 Å². The molecule has 1 fully saturated rings. The lowest BCUT2D eigenvalue weighted by Crippen LogP contribution is -2.39. The summed E-state index contributed by atoms with van der Waals surface area (Å²) in [4.78, 5) is 13.8. The Balaban J connectivity index is 2.36. The molecule has 1 atom stereocenters. The number of anilines is 1. The largest absolute Gasteiger partial charge is 0.336 e. The summed E-state index contributed by atoms with van der Waals surface area (Å²) in [7, 11) is 0. The van der Waals surface area contributed by atoms with Gasteiger partial charge in [0.2, 0.25) is 0 Å². The molecule has 1 aromatic rings. The van der Waals surface area contributed by atoms with Crippen molar-refractivity contribution in [3.8, 4) is 0 Å². The van der Waals surface area contributed by atoms with Gasteiger partial charge in [0.25, 0.3) is 0 Å². The number of urea groups is 1. The summed E-state index contributed by atoms with van der Waals surface area (Å²) in [5.74, 6) is 0. The first kappa shape index (κ1) is 12.3. The van der Waals surface area contributed by atoms with Crippen molar-refractivity contribution in [3.05, 3.63) is 29.8 Å². The molecule has 1 heterocycles. The number of benzene rings is 1. The van der Waals surface area contributed by atoms with E-state index in [0.717, 1.165) is 17.7 Å². The van der Waals surface area contributed by atoms with Crippen molar-refractivity contribution in [2.24, 2.45) is 5.73 Å². The van der Waals surface area contributed by atoms with Crippen LogP contribution in [-0.2, 0) is 6.42 Å². The van der Waals surface area contributed by atoms with E-state index in [2.05, 4.69) is 6.92 Å². The average Bonchev–Trinajstić information content (AvgIpc) is 2.64. The molecule has 0 aromatic heterocycles. The van der Waals surface area contributed by atoms with E-state index in [1.165, 1.54) is 11.9 Å². The number of nitrogens with zero attached hydrogens (tertiary/aromatic N) is 2. The maximum atomic E-state index is 12.2. The molecule has 5 heteroatoms. The van der Waals surface area contributed by atoms with Gasteiger partial charge >= 0.3 is 6.03 Å². The maximum Gasteiger partial charge on any atom is 0.336 e. The highest BCUT2D eigenvalue weighted by Crippen LogP contribution is 2.34. The fraction of sp³-hybridized carbons (Fsp3) is 0.417. The number of carbonyl (C=O) groups excluding carboxylic acids is 1. The highest BCUT2D eigenvalue weighted by atomic mass is 32.2. The molecule has 17 heavy (non-hydrogen) atoms. The number of rotatable bonds is 3. The van der Waals surface area contributed by atoms with Crippen LogP contribution in [0.1, 0.15) is 19.4 Å². The minimum Gasteiger partial charge on any atom is -0.301 e. The zero-order valence-corrected chi connectivity index (χ0v) is 10.9. The molecule has 92 valence electrons. The first-order valence-electron chi connectivity index (χ1n) is 5.80. The van der Waals surface area contributed by atoms with Crippen LogP contribution in [-0.4, -0.2) is 22.4 Å². The number of amides is 2. The van der Waals surface area contributed by atoms with Crippen LogP contribution in [0.2, 0.25) is 0 Å². The molecule has 0 radical (unpaired) electrons. The summed E-state index contributed by atoms with van der Waals surface area (Å²) >= 11 is 1.38. The number of para-hydroxylation sites is 1. The van der Waals surface area contributed by atoms with Gasteiger partial charge in [-0.05, 0) is 36.9 Å². The SMILES string of the molecule is CCc1ccccc1N1C(=O)N(CC)SC1N. The Morgan fingerprint density at radius 1 is 1.35 bits per heavy atom. The first-order valence-corrected chi connectivity index (χ1v) is 6.63. The normalized spacial score (nSPS) is 20.2. The minimum absolute atomic E-state index is 0.0223. The second-order valence-corrected chi connectivity index (χ2v) is 4.96. The first-order chi connectivity index (χ1) is 8.19. The van der Waals surface area contributed by atoms with E-state index >= 15 is 0 Å². The van der Waals surface area contributed by atoms with Gasteiger partial charge in [-0.3, -0.25) is 9.21 Å². The fourth-order valence-electron chi connectivity index (χ4n) is 1.95. The fourth-order valence-corrected chi connectivity index (χ4v) is 2.83. The summed E-state index contributed by atoms with van der Waals surface area (Å²) in [6.45, 7) is 4.70. The Hall–Kier alpha value is -1.20. The third-order valence-corrected chi connectivity index (χ3v) is 3.92. The summed E-state index contributed by atoms with van der Waals surface area (Å²) in [6, 6.07) is 7.89. The number of nitrogens with two attached hydrogens (primary N) is 1. The molecule has 1 aromatic carbocycles. The molecule has 1 aliphatic rings. The molecule has 2 rings (SSSR count). The van der Waals surface area contributed by atoms with Gasteiger partial charge in [-0.25, -0.2) is 4.79 Å². The monoisotopic (exact) mass is 251 g/mol. The molecular formula is C12H17N3OS. The zero-order chi connectivity index (χ0) is 12.4. The summed E-state index contributed by atoms with van der Waals surface area (Å²) < 4.78 is 1.69. The van der Waals surface area contributed by atoms with Crippen LogP contribution >= 0.6 is 11.9 Å². The molecule has 2 amide bonds. The van der Waals surface area contributed by atoms with Gasteiger partial charge in [-0.15, -0.1) is 0 Å². The number of hydrogen-bond acceptors (Lipinski definition) is 3. The second-order valence-electron chi connectivity index (χ2n) is 3.83. The number of hydrogen-bond donors (Lipinski definition) is 1. The quantitative estimate of drug-likeness (QED) is 0.839. The summed E-state index contributed by atoms with van der Waals surface area (Å²) in [5.41, 5.74) is 7.77. The third kappa shape index (κ3) is 2.12. The van der Waals surface area contributed by atoms with Gasteiger partial charge in [-0.1, -0.05) is 25.1 Å². The molecule has 0 bridgehead atoms. The van der Waals surface area contributed by atoms with Crippen LogP contribution < -0.4 is 10.6 Å². The van der Waals surface area contributed by atoms with Crippen LogP contribution in [0, 0.1) is 0 Å². The lowest BCUT2D eigenvalue weighted by molar-refractivity contribution is 0.236. The highest BCUT2D eigenvalue weighted by molar-refractivity contribution is 7.98. The lowest BCUT2D eigenvalue weighted by Gasteiger charge is -2.21. The van der Waals surface area contributed by atoms with Crippen molar-refractivity contribution in [3.63, 3.8) is 0 Å². The van der Waals surface area contributed by atoms with E-state index in [1.807, 2.05) is 31.2 Å². The van der Waals surface area contributed by atoms with E-state index in [-0.39, 0.29) is 11.5 Å². The predicted molar refractivity (Wildman–Crippen MR) is 71.6 cm³/mol. The molecule has 0 spiro atoms. The molecule has 0 aliphatic carbocycles. The van der Waals surface area contributed by atoms with Gasteiger partial charge in [0.15, 0.2) is 5.50 Å². The third-order valence-electron chi connectivity index (χ3n) is 2.83. The van der Waals surface area contributed by atoms with Gasteiger partial charge in [0.05, 0.1) is 5.69 Å². The Kier molecular flexibility index (Phi) is 3.59. The van der Waals surface area contributed by atoms with Crippen molar-refractivity contribution in [2.75, 3.05) is 11.4 Å². The van der Waals surface area contributed by atoms with Crippen LogP contribution in [0.4, 0.5) is 10.5 Å². The van der Waals surface area contributed by atoms with Crippen molar-refractivity contribution >= 4 is 23.7 Å². The summed E-state index contributed by atoms with van der Waals surface area (Å²) in [5, 5.41) is 0. The van der Waals surface area contributed by atoms with Crippen molar-refractivity contribution in [2.45, 2.75) is 25.8 Å². The molecule has 1 saturated heterocycles. The van der Waals surface area contributed by atoms with E-state index in [0.29, 0.717) is 6.54 Å². The molecular weight excluding hydrogens is 234 g/mol. The highest BCUT2D eigenvalue weighted by Gasteiger charge is 2.37. The van der Waals surface area contributed by atoms with E-state index in [9.17, 15) is 4.79 Å². The van der Waals surface area contributed by atoms with Crippen LogP contribution in [0.5, 0.6) is 0 Å². The van der Waals surface area contributed by atoms with E-state index in [4.69, 9.17) is 5.73 Å². The predicted octanol–water partition coefficient (Wildman–Crippen LogP) is 2.40. The van der Waals surface area contributed by atoms with E-state index in [1.54, 1.807) is 9.21 Å². The standard InChI is InChI=1S/C12H17N3OS/c1-3-9-7-5-6-8-10(9)15-11(13)17-14(4-2)12(15)16/h5-8,11H,3-4,13H2,1-2H3. The van der Waals surface area contributed by atoms with Crippen molar-refractivity contribution < 1.29 is 4.79 Å². The second kappa shape index (κ2) is 4.98. The topological polar surface area (TPSA) is 49.6 Å². The number of carbonyl (C=O) groups is 1. The maximum absolute atomic E-state index is 12.2. The van der Waals surface area contributed by atoms with Crippen molar-refractivity contribution in [1.82, 2.24) is 4.31 Å². The molecule has 1 aliphatic heterocycles. The Morgan fingerprint density at radius 2 is 2.06 bits per heavy atom. The molecule has 0 saturated carbocycles. The average molecular weight is 251 g/mol. The van der Waals surface area contributed by atoms with Crippen LogP contribution in [0.3, 0.4) is 0 Å². The Labute approximate surface area is 106 Å². The van der Waals surface area contributed by atoms with Gasteiger partial charge < -0.3 is 5.73 Å².